The summed E-state index contributed by atoms with van der Waals surface area (Å²) >= 11 is 8.47. The number of hydrogen-bond acceptors (Lipinski definition) is 2. The van der Waals surface area contributed by atoms with Gasteiger partial charge < -0.3 is 5.73 Å². The summed E-state index contributed by atoms with van der Waals surface area (Å²) in [5, 5.41) is 0. The Balaban J connectivity index is 2.15. The van der Waals surface area contributed by atoms with E-state index in [-0.39, 0.29) is 11.9 Å². The smallest absolute Gasteiger partial charge is 0.127 e. The Morgan fingerprint density at radius 2 is 2.28 bits per heavy atom. The van der Waals surface area contributed by atoms with Gasteiger partial charge in [-0.15, -0.1) is 0 Å². The van der Waals surface area contributed by atoms with Gasteiger partial charge in [0.2, 0.25) is 0 Å². The molecule has 2 N–H and O–H groups in total. The maximum absolute atomic E-state index is 13.7. The van der Waals surface area contributed by atoms with Crippen molar-refractivity contribution in [1.29, 1.82) is 0 Å². The molecule has 5 heteroatoms. The Morgan fingerprint density at radius 1 is 1.50 bits per heavy atom. The number of likely N-dealkylation sites (tertiary alicyclic amines) is 1. The first-order valence-corrected chi connectivity index (χ1v) is 7.25. The molecule has 0 aromatic heterocycles. The van der Waals surface area contributed by atoms with Crippen molar-refractivity contribution in [2.24, 2.45) is 5.73 Å². The summed E-state index contributed by atoms with van der Waals surface area (Å²) in [6.07, 6.45) is 3.24. The number of hydrogen-bond donors (Lipinski definition) is 1. The fraction of sp³-hybridized carbons (Fsp3) is 0.462. The molecule has 0 saturated carbocycles. The maximum atomic E-state index is 13.7. The number of nitrogens with two attached hydrogens (primary N) is 1. The monoisotopic (exact) mass is 330 g/mol. The van der Waals surface area contributed by atoms with Gasteiger partial charge in [-0.05, 0) is 37.6 Å². The van der Waals surface area contributed by atoms with Gasteiger partial charge in [-0.2, -0.15) is 0 Å². The lowest BCUT2D eigenvalue weighted by atomic mass is 10.0. The molecule has 1 aromatic rings. The Hall–Kier alpha value is -0.520. The Labute approximate surface area is 120 Å². The molecule has 2 nitrogen and oxygen atoms in total. The summed E-state index contributed by atoms with van der Waals surface area (Å²) in [4.78, 5) is 2.70. The second-order valence-corrected chi connectivity index (χ2v) is 6.01. The second kappa shape index (κ2) is 6.08. The number of halogens is 2. The van der Waals surface area contributed by atoms with Gasteiger partial charge in [-0.1, -0.05) is 34.6 Å². The molecule has 1 aliphatic rings. The van der Waals surface area contributed by atoms with Crippen molar-refractivity contribution in [3.8, 4) is 0 Å². The van der Waals surface area contributed by atoms with Crippen molar-refractivity contribution < 1.29 is 4.39 Å². The third-order valence-corrected chi connectivity index (χ3v) is 4.09. The summed E-state index contributed by atoms with van der Waals surface area (Å²) in [5.41, 5.74) is 6.45. The standard InChI is InChI=1S/C13H16BrFN2S/c14-10-4-5-11(15)9(7-10)8-17-6-2-1-3-12(17)13(16)18/h4-5,7,12H,1-3,6,8H2,(H2,16,18). The van der Waals surface area contributed by atoms with Crippen LogP contribution in [0.25, 0.3) is 0 Å². The molecule has 98 valence electrons. The van der Waals surface area contributed by atoms with E-state index < -0.39 is 0 Å². The van der Waals surface area contributed by atoms with Gasteiger partial charge >= 0.3 is 0 Å². The van der Waals surface area contributed by atoms with Gasteiger partial charge in [-0.25, -0.2) is 4.39 Å². The molecule has 2 rings (SSSR count). The minimum Gasteiger partial charge on any atom is -0.392 e. The summed E-state index contributed by atoms with van der Waals surface area (Å²) in [5.74, 6) is -0.175. The quantitative estimate of drug-likeness (QED) is 0.863. The van der Waals surface area contributed by atoms with Gasteiger partial charge in [0.25, 0.3) is 0 Å². The molecular formula is C13H16BrFN2S. The molecule has 0 spiro atoms. The summed E-state index contributed by atoms with van der Waals surface area (Å²) in [6, 6.07) is 5.12. The molecule has 0 radical (unpaired) electrons. The van der Waals surface area contributed by atoms with E-state index in [0.29, 0.717) is 17.1 Å². The fourth-order valence-electron chi connectivity index (χ4n) is 2.39. The predicted octanol–water partition coefficient (Wildman–Crippen LogP) is 3.23. The van der Waals surface area contributed by atoms with Gasteiger partial charge in [0.15, 0.2) is 0 Å². The molecule has 1 aromatic carbocycles. The van der Waals surface area contributed by atoms with E-state index in [1.807, 2.05) is 6.07 Å². The zero-order chi connectivity index (χ0) is 13.1. The second-order valence-electron chi connectivity index (χ2n) is 4.62. The normalized spacial score (nSPS) is 20.9. The lowest BCUT2D eigenvalue weighted by Crippen LogP contribution is -2.46. The first-order valence-electron chi connectivity index (χ1n) is 6.05. The molecule has 1 saturated heterocycles. The van der Waals surface area contributed by atoms with Crippen LogP contribution < -0.4 is 5.73 Å². The number of nitrogens with zero attached hydrogens (tertiary/aromatic N) is 1. The topological polar surface area (TPSA) is 29.3 Å². The largest absolute Gasteiger partial charge is 0.392 e. The minimum atomic E-state index is -0.175. The van der Waals surface area contributed by atoms with Crippen molar-refractivity contribution in [2.75, 3.05) is 6.54 Å². The molecular weight excluding hydrogens is 315 g/mol. The first-order chi connectivity index (χ1) is 8.58. The molecule has 1 heterocycles. The first kappa shape index (κ1) is 13.9. The minimum absolute atomic E-state index is 0.104. The van der Waals surface area contributed by atoms with Crippen LogP contribution in [-0.2, 0) is 6.54 Å². The van der Waals surface area contributed by atoms with Crippen LogP contribution in [0.4, 0.5) is 4.39 Å². The van der Waals surface area contributed by atoms with Gasteiger partial charge in [-0.3, -0.25) is 4.90 Å². The van der Waals surface area contributed by atoms with Crippen molar-refractivity contribution >= 4 is 33.1 Å². The Morgan fingerprint density at radius 3 is 3.00 bits per heavy atom. The van der Waals surface area contributed by atoms with Crippen LogP contribution in [0.15, 0.2) is 22.7 Å². The van der Waals surface area contributed by atoms with Crippen LogP contribution >= 0.6 is 28.1 Å². The zero-order valence-electron chi connectivity index (χ0n) is 10.0. The Bertz CT molecular complexity index is 453. The third kappa shape index (κ3) is 3.28. The number of thiocarbonyl (C=S) groups is 1. The van der Waals surface area contributed by atoms with Crippen molar-refractivity contribution in [1.82, 2.24) is 4.90 Å². The van der Waals surface area contributed by atoms with E-state index >= 15 is 0 Å². The summed E-state index contributed by atoms with van der Waals surface area (Å²) in [7, 11) is 0. The zero-order valence-corrected chi connectivity index (χ0v) is 12.4. The molecule has 1 atom stereocenters. The fourth-order valence-corrected chi connectivity index (χ4v) is 3.06. The lowest BCUT2D eigenvalue weighted by Gasteiger charge is -2.35. The van der Waals surface area contributed by atoms with E-state index in [2.05, 4.69) is 20.8 Å². The molecule has 1 unspecified atom stereocenters. The highest BCUT2D eigenvalue weighted by atomic mass is 79.9. The van der Waals surface area contributed by atoms with E-state index in [4.69, 9.17) is 18.0 Å². The number of rotatable bonds is 3. The molecule has 0 aliphatic carbocycles. The highest BCUT2D eigenvalue weighted by Gasteiger charge is 2.25. The highest BCUT2D eigenvalue weighted by Crippen LogP contribution is 2.23. The molecule has 0 amide bonds. The third-order valence-electron chi connectivity index (χ3n) is 3.32. The predicted molar refractivity (Wildman–Crippen MR) is 78.9 cm³/mol. The SMILES string of the molecule is NC(=S)C1CCCCN1Cc1cc(Br)ccc1F. The van der Waals surface area contributed by atoms with Crippen LogP contribution in [0.3, 0.4) is 0 Å². The Kier molecular flexibility index (Phi) is 4.70. The van der Waals surface area contributed by atoms with E-state index in [0.717, 1.165) is 30.3 Å². The van der Waals surface area contributed by atoms with Crippen molar-refractivity contribution in [3.63, 3.8) is 0 Å². The average Bonchev–Trinajstić information content (AvgIpc) is 2.34. The maximum Gasteiger partial charge on any atom is 0.127 e. The molecule has 1 aliphatic heterocycles. The molecule has 1 fully saturated rings. The lowest BCUT2D eigenvalue weighted by molar-refractivity contribution is 0.182. The van der Waals surface area contributed by atoms with Crippen LogP contribution in [-0.4, -0.2) is 22.5 Å². The average molecular weight is 331 g/mol. The van der Waals surface area contributed by atoms with E-state index in [9.17, 15) is 4.39 Å². The van der Waals surface area contributed by atoms with Crippen LogP contribution in [0.1, 0.15) is 24.8 Å². The van der Waals surface area contributed by atoms with Crippen LogP contribution in [0.2, 0.25) is 0 Å². The number of benzene rings is 1. The van der Waals surface area contributed by atoms with Gasteiger partial charge in [0, 0.05) is 16.6 Å². The van der Waals surface area contributed by atoms with Gasteiger partial charge in [0.1, 0.15) is 5.82 Å². The number of piperidine rings is 1. The summed E-state index contributed by atoms with van der Waals surface area (Å²) in [6.45, 7) is 1.49. The van der Waals surface area contributed by atoms with E-state index in [1.165, 1.54) is 6.07 Å². The molecule has 0 bridgehead atoms. The van der Waals surface area contributed by atoms with Crippen molar-refractivity contribution in [2.45, 2.75) is 31.8 Å². The summed E-state index contributed by atoms with van der Waals surface area (Å²) < 4.78 is 14.6. The van der Waals surface area contributed by atoms with Crippen LogP contribution in [0.5, 0.6) is 0 Å². The van der Waals surface area contributed by atoms with Gasteiger partial charge in [0.05, 0.1) is 11.0 Å². The molecule has 18 heavy (non-hydrogen) atoms. The van der Waals surface area contributed by atoms with Crippen molar-refractivity contribution in [3.05, 3.63) is 34.1 Å². The highest BCUT2D eigenvalue weighted by molar-refractivity contribution is 9.10. The van der Waals surface area contributed by atoms with Crippen LogP contribution in [0, 0.1) is 5.82 Å². The van der Waals surface area contributed by atoms with E-state index in [1.54, 1.807) is 6.07 Å².